The van der Waals surface area contributed by atoms with E-state index in [9.17, 15) is 24.8 Å². The van der Waals surface area contributed by atoms with Crippen molar-refractivity contribution in [1.82, 2.24) is 5.32 Å². The minimum atomic E-state index is -1.08. The van der Waals surface area contributed by atoms with Crippen molar-refractivity contribution in [3.63, 3.8) is 0 Å². The first-order valence-corrected chi connectivity index (χ1v) is 8.21. The number of carboxylic acid groups (broad SMARTS) is 1. The lowest BCUT2D eigenvalue weighted by molar-refractivity contribution is -0.385. The second kappa shape index (κ2) is 8.79. The first-order valence-electron chi connectivity index (χ1n) is 8.21. The summed E-state index contributed by atoms with van der Waals surface area (Å²) >= 11 is 0. The van der Waals surface area contributed by atoms with Gasteiger partial charge in [-0.2, -0.15) is 0 Å². The van der Waals surface area contributed by atoms with Crippen molar-refractivity contribution in [2.45, 2.75) is 13.3 Å². The lowest BCUT2D eigenvalue weighted by Gasteiger charge is -2.15. The van der Waals surface area contributed by atoms with Gasteiger partial charge in [0.25, 0.3) is 11.6 Å². The molecule has 0 radical (unpaired) electrons. The lowest BCUT2D eigenvalue weighted by atomic mass is 9.98. The standard InChI is InChI=1S/C19H20N2O6/c1-12-7-8-16(21(25)26)15(9-12)18(22)20-11-14(19(23)24)10-13-5-3-4-6-17(13)27-2/h3-9,14H,10-11H2,1-2H3,(H,20,22)(H,23,24). The van der Waals surface area contributed by atoms with E-state index in [1.165, 1.54) is 25.3 Å². The Morgan fingerprint density at radius 3 is 2.59 bits per heavy atom. The number of nitrogens with zero attached hydrogens (tertiary/aromatic N) is 1. The third-order valence-corrected chi connectivity index (χ3v) is 4.11. The average Bonchev–Trinajstić information content (AvgIpc) is 2.64. The lowest BCUT2D eigenvalue weighted by Crippen LogP contribution is -2.34. The topological polar surface area (TPSA) is 119 Å². The Hall–Kier alpha value is -3.42. The summed E-state index contributed by atoms with van der Waals surface area (Å²) in [6, 6.07) is 11.2. The smallest absolute Gasteiger partial charge is 0.308 e. The normalized spacial score (nSPS) is 11.5. The molecule has 27 heavy (non-hydrogen) atoms. The number of nitrogens with one attached hydrogen (secondary N) is 1. The van der Waals surface area contributed by atoms with Crippen molar-refractivity contribution in [3.8, 4) is 5.75 Å². The van der Waals surface area contributed by atoms with E-state index in [-0.39, 0.29) is 24.2 Å². The predicted octanol–water partition coefficient (Wildman–Crippen LogP) is 2.59. The average molecular weight is 372 g/mol. The highest BCUT2D eigenvalue weighted by atomic mass is 16.6. The Balaban J connectivity index is 2.15. The van der Waals surface area contributed by atoms with Gasteiger partial charge in [-0.3, -0.25) is 19.7 Å². The molecule has 0 aliphatic rings. The van der Waals surface area contributed by atoms with E-state index in [1.807, 2.05) is 0 Å². The number of nitro benzene ring substituents is 1. The minimum Gasteiger partial charge on any atom is -0.496 e. The highest BCUT2D eigenvalue weighted by Crippen LogP contribution is 2.22. The van der Waals surface area contributed by atoms with Crippen LogP contribution in [0.25, 0.3) is 0 Å². The molecule has 0 saturated carbocycles. The molecular weight excluding hydrogens is 352 g/mol. The maximum atomic E-state index is 12.4. The summed E-state index contributed by atoms with van der Waals surface area (Å²) in [4.78, 5) is 34.4. The van der Waals surface area contributed by atoms with Crippen LogP contribution in [0.2, 0.25) is 0 Å². The number of nitro groups is 1. The number of carboxylic acids is 1. The Kier molecular flexibility index (Phi) is 6.48. The molecule has 8 nitrogen and oxygen atoms in total. The van der Waals surface area contributed by atoms with E-state index in [0.717, 1.165) is 0 Å². The molecule has 0 bridgehead atoms. The summed E-state index contributed by atoms with van der Waals surface area (Å²) < 4.78 is 5.22. The largest absolute Gasteiger partial charge is 0.496 e. The van der Waals surface area contributed by atoms with Crippen LogP contribution in [-0.2, 0) is 11.2 Å². The van der Waals surface area contributed by atoms with Gasteiger partial charge in [-0.25, -0.2) is 0 Å². The molecule has 2 N–H and O–H groups in total. The number of aryl methyl sites for hydroxylation is 1. The maximum absolute atomic E-state index is 12.4. The highest BCUT2D eigenvalue weighted by Gasteiger charge is 2.24. The van der Waals surface area contributed by atoms with E-state index >= 15 is 0 Å². The number of methoxy groups -OCH3 is 1. The molecule has 2 rings (SSSR count). The van der Waals surface area contributed by atoms with Crippen LogP contribution in [0.4, 0.5) is 5.69 Å². The number of ether oxygens (including phenoxy) is 1. The van der Waals surface area contributed by atoms with Gasteiger partial charge < -0.3 is 15.2 Å². The number of carbonyl (C=O) groups is 2. The van der Waals surface area contributed by atoms with Crippen LogP contribution >= 0.6 is 0 Å². The number of hydrogen-bond acceptors (Lipinski definition) is 5. The maximum Gasteiger partial charge on any atom is 0.308 e. The number of rotatable bonds is 8. The molecule has 142 valence electrons. The molecular formula is C19H20N2O6. The van der Waals surface area contributed by atoms with Gasteiger partial charge in [0.1, 0.15) is 11.3 Å². The third kappa shape index (κ3) is 5.04. The fraction of sp³-hybridized carbons (Fsp3) is 0.263. The molecule has 0 aliphatic heterocycles. The van der Waals surface area contributed by atoms with Crippen molar-refractivity contribution in [1.29, 1.82) is 0 Å². The zero-order valence-corrected chi connectivity index (χ0v) is 15.0. The molecule has 1 unspecified atom stereocenters. The fourth-order valence-corrected chi connectivity index (χ4v) is 2.69. The van der Waals surface area contributed by atoms with Crippen molar-refractivity contribution in [2.75, 3.05) is 13.7 Å². The van der Waals surface area contributed by atoms with E-state index in [0.29, 0.717) is 16.9 Å². The number of benzene rings is 2. The minimum absolute atomic E-state index is 0.0959. The van der Waals surface area contributed by atoms with Crippen LogP contribution in [0.1, 0.15) is 21.5 Å². The second-order valence-corrected chi connectivity index (χ2v) is 6.04. The quantitative estimate of drug-likeness (QED) is 0.543. The van der Waals surface area contributed by atoms with E-state index in [1.54, 1.807) is 31.2 Å². The monoisotopic (exact) mass is 372 g/mol. The molecule has 8 heteroatoms. The van der Waals surface area contributed by atoms with E-state index in [2.05, 4.69) is 5.32 Å². The summed E-state index contributed by atoms with van der Waals surface area (Å²) in [6.45, 7) is 1.54. The number of amides is 1. The van der Waals surface area contributed by atoms with Crippen LogP contribution in [-0.4, -0.2) is 35.6 Å². The zero-order valence-electron chi connectivity index (χ0n) is 15.0. The first-order chi connectivity index (χ1) is 12.8. The molecule has 0 aliphatic carbocycles. The van der Waals surface area contributed by atoms with Crippen molar-refractivity contribution in [2.24, 2.45) is 5.92 Å². The third-order valence-electron chi connectivity index (χ3n) is 4.11. The van der Waals surface area contributed by atoms with Gasteiger partial charge in [0.2, 0.25) is 0 Å². The van der Waals surface area contributed by atoms with Gasteiger partial charge in [0.05, 0.1) is 18.0 Å². The van der Waals surface area contributed by atoms with Gasteiger partial charge in [-0.15, -0.1) is 0 Å². The first kappa shape index (κ1) is 19.9. The van der Waals surface area contributed by atoms with Crippen LogP contribution in [0.15, 0.2) is 42.5 Å². The summed E-state index contributed by atoms with van der Waals surface area (Å²) in [5.41, 5.74) is 0.967. The highest BCUT2D eigenvalue weighted by molar-refractivity contribution is 5.98. The second-order valence-electron chi connectivity index (χ2n) is 6.04. The van der Waals surface area contributed by atoms with Crippen molar-refractivity contribution < 1.29 is 24.4 Å². The predicted molar refractivity (Wildman–Crippen MR) is 98.0 cm³/mol. The van der Waals surface area contributed by atoms with Gasteiger partial charge in [-0.1, -0.05) is 24.3 Å². The number of carbonyl (C=O) groups excluding carboxylic acids is 1. The van der Waals surface area contributed by atoms with Crippen molar-refractivity contribution in [3.05, 3.63) is 69.3 Å². The summed E-state index contributed by atoms with van der Waals surface area (Å²) in [5.74, 6) is -2.12. The molecule has 0 spiro atoms. The van der Waals surface area contributed by atoms with Crippen LogP contribution in [0.5, 0.6) is 5.75 Å². The number of para-hydroxylation sites is 1. The molecule has 2 aromatic rings. The van der Waals surface area contributed by atoms with Crippen molar-refractivity contribution >= 4 is 17.6 Å². The fourth-order valence-electron chi connectivity index (χ4n) is 2.69. The van der Waals surface area contributed by atoms with Gasteiger partial charge in [-0.05, 0) is 36.6 Å². The Morgan fingerprint density at radius 2 is 1.96 bits per heavy atom. The molecule has 1 atom stereocenters. The van der Waals surface area contributed by atoms with E-state index in [4.69, 9.17) is 4.74 Å². The SMILES string of the molecule is COc1ccccc1CC(CNC(=O)c1cc(C)ccc1[N+](=O)[O-])C(=O)O. The van der Waals surface area contributed by atoms with Crippen LogP contribution < -0.4 is 10.1 Å². The van der Waals surface area contributed by atoms with E-state index < -0.39 is 22.7 Å². The zero-order chi connectivity index (χ0) is 20.0. The molecule has 0 fully saturated rings. The summed E-state index contributed by atoms with van der Waals surface area (Å²) in [7, 11) is 1.49. The number of aliphatic carboxylic acids is 1. The molecule has 0 saturated heterocycles. The number of hydrogen-bond donors (Lipinski definition) is 2. The molecule has 2 aromatic carbocycles. The Morgan fingerprint density at radius 1 is 1.26 bits per heavy atom. The Labute approximate surface area is 155 Å². The molecule has 1 amide bonds. The molecule has 0 aromatic heterocycles. The Bertz CT molecular complexity index is 865. The van der Waals surface area contributed by atoms with Crippen LogP contribution in [0.3, 0.4) is 0 Å². The van der Waals surface area contributed by atoms with Gasteiger partial charge in [0.15, 0.2) is 0 Å². The van der Waals surface area contributed by atoms with Gasteiger partial charge >= 0.3 is 5.97 Å². The molecule has 0 heterocycles. The van der Waals surface area contributed by atoms with Crippen LogP contribution in [0, 0.1) is 23.0 Å². The summed E-state index contributed by atoms with van der Waals surface area (Å²) in [6.07, 6.45) is 0.148. The summed E-state index contributed by atoms with van der Waals surface area (Å²) in [5, 5.41) is 23.1. The van der Waals surface area contributed by atoms with Gasteiger partial charge in [0, 0.05) is 12.6 Å².